The van der Waals surface area contributed by atoms with E-state index in [0.29, 0.717) is 0 Å². The maximum absolute atomic E-state index is 2.58. The predicted molar refractivity (Wildman–Crippen MR) is 193 cm³/mol. The first-order valence-corrected chi connectivity index (χ1v) is 17.5. The first kappa shape index (κ1) is 25.5. The van der Waals surface area contributed by atoms with Crippen molar-refractivity contribution >= 4 is 32.3 Å². The molecule has 5 aliphatic rings. The summed E-state index contributed by atoms with van der Waals surface area (Å²) in [6, 6.07) is 51.0. The van der Waals surface area contributed by atoms with Crippen molar-refractivity contribution in [3.8, 4) is 33.4 Å². The van der Waals surface area contributed by atoms with Gasteiger partial charge in [0, 0.05) is 5.41 Å². The van der Waals surface area contributed by atoms with E-state index in [-0.39, 0.29) is 5.41 Å². The SMILES string of the molecule is c1ccc2c(c1)-c1cc(-c3c4ccccc4c(-c4cccc5ccccc45)c4ccccc34)ccc1C21C2CC3CC(C2)CC1C3. The third-order valence-electron chi connectivity index (χ3n) is 12.8. The van der Waals surface area contributed by atoms with Crippen LogP contribution in [-0.2, 0) is 5.41 Å². The van der Waals surface area contributed by atoms with Crippen molar-refractivity contribution < 1.29 is 0 Å². The van der Waals surface area contributed by atoms with Gasteiger partial charge in [0.25, 0.3) is 0 Å². The van der Waals surface area contributed by atoms with Crippen molar-refractivity contribution in [3.05, 3.63) is 145 Å². The average Bonchev–Trinajstić information content (AvgIpc) is 3.39. The normalized spacial score (nSPS) is 25.5. The molecule has 0 saturated heterocycles. The molecule has 0 unspecified atom stereocenters. The van der Waals surface area contributed by atoms with Crippen LogP contribution >= 0.6 is 0 Å². The van der Waals surface area contributed by atoms with Crippen LogP contribution in [0.4, 0.5) is 0 Å². The fourth-order valence-electron chi connectivity index (χ4n) is 11.5. The predicted octanol–water partition coefficient (Wildman–Crippen LogP) is 12.2. The van der Waals surface area contributed by atoms with Gasteiger partial charge >= 0.3 is 0 Å². The van der Waals surface area contributed by atoms with E-state index in [0.717, 1.165) is 23.7 Å². The second kappa shape index (κ2) is 9.20. The summed E-state index contributed by atoms with van der Waals surface area (Å²) in [5.74, 6) is 3.50. The van der Waals surface area contributed by atoms with Gasteiger partial charge in [-0.1, -0.05) is 127 Å². The van der Waals surface area contributed by atoms with Crippen molar-refractivity contribution in [1.82, 2.24) is 0 Å². The van der Waals surface area contributed by atoms with E-state index in [2.05, 4.69) is 133 Å². The monoisotopic (exact) mass is 588 g/mol. The fraction of sp³-hybridized carbons (Fsp3) is 0.217. The number of hydrogen-bond acceptors (Lipinski definition) is 0. The lowest BCUT2D eigenvalue weighted by Gasteiger charge is -2.61. The zero-order chi connectivity index (χ0) is 30.0. The topological polar surface area (TPSA) is 0 Å². The molecule has 0 heterocycles. The van der Waals surface area contributed by atoms with Gasteiger partial charge < -0.3 is 0 Å². The third kappa shape index (κ3) is 3.20. The molecule has 5 aliphatic carbocycles. The van der Waals surface area contributed by atoms with Gasteiger partial charge in [-0.2, -0.15) is 0 Å². The Kier molecular flexibility index (Phi) is 5.10. The van der Waals surface area contributed by atoms with Crippen LogP contribution in [0.2, 0.25) is 0 Å². The number of hydrogen-bond donors (Lipinski definition) is 0. The summed E-state index contributed by atoms with van der Waals surface area (Å²) in [7, 11) is 0. The van der Waals surface area contributed by atoms with Gasteiger partial charge in [-0.05, 0) is 139 Å². The quantitative estimate of drug-likeness (QED) is 0.176. The first-order valence-electron chi connectivity index (χ1n) is 17.5. The Morgan fingerprint density at radius 1 is 0.391 bits per heavy atom. The summed E-state index contributed by atoms with van der Waals surface area (Å²) in [4.78, 5) is 0. The highest BCUT2D eigenvalue weighted by atomic mass is 14.6. The molecule has 0 aromatic heterocycles. The Morgan fingerprint density at radius 3 is 1.61 bits per heavy atom. The number of benzene rings is 7. The van der Waals surface area contributed by atoms with Crippen LogP contribution in [0.5, 0.6) is 0 Å². The van der Waals surface area contributed by atoms with Gasteiger partial charge in [0.2, 0.25) is 0 Å². The Morgan fingerprint density at radius 2 is 0.913 bits per heavy atom. The molecule has 0 amide bonds. The molecule has 0 nitrogen and oxygen atoms in total. The van der Waals surface area contributed by atoms with Crippen LogP contribution in [-0.4, -0.2) is 0 Å². The maximum Gasteiger partial charge on any atom is 0.0271 e. The lowest BCUT2D eigenvalue weighted by Crippen LogP contribution is -2.55. The van der Waals surface area contributed by atoms with E-state index < -0.39 is 0 Å². The third-order valence-corrected chi connectivity index (χ3v) is 12.8. The van der Waals surface area contributed by atoms with Crippen LogP contribution in [0.25, 0.3) is 65.7 Å². The van der Waals surface area contributed by atoms with Crippen molar-refractivity contribution in [2.45, 2.75) is 37.5 Å². The van der Waals surface area contributed by atoms with E-state index in [1.165, 1.54) is 97.8 Å². The molecule has 0 aliphatic heterocycles. The molecular formula is C46H36. The summed E-state index contributed by atoms with van der Waals surface area (Å²) < 4.78 is 0. The Labute approximate surface area is 270 Å². The molecule has 0 N–H and O–H groups in total. The molecule has 0 atom stereocenters. The minimum Gasteiger partial charge on any atom is -0.0619 e. The molecule has 0 heteroatoms. The fourth-order valence-corrected chi connectivity index (χ4v) is 11.5. The standard InChI is InChI=1S/C46H36/c1-2-12-34-30(10-1)11-9-18-36(34)45-39-16-5-3-14-37(39)44(38-15-4-6-17-40(38)45)31-20-21-43-41(27-31)35-13-7-8-19-42(35)46(43)32-23-28-22-29(25-32)26-33(46)24-28/h1-21,27-29,32-33H,22-26H2. The number of fused-ring (bicyclic) bond motifs is 6. The largest absolute Gasteiger partial charge is 0.0619 e. The molecule has 220 valence electrons. The van der Waals surface area contributed by atoms with Gasteiger partial charge in [-0.25, -0.2) is 0 Å². The van der Waals surface area contributed by atoms with Crippen LogP contribution < -0.4 is 0 Å². The molecular weight excluding hydrogens is 553 g/mol. The van der Waals surface area contributed by atoms with E-state index in [9.17, 15) is 0 Å². The minimum atomic E-state index is 0.209. The summed E-state index contributed by atoms with van der Waals surface area (Å²) >= 11 is 0. The molecule has 4 bridgehead atoms. The highest BCUT2D eigenvalue weighted by Gasteiger charge is 2.61. The molecule has 1 spiro atoms. The van der Waals surface area contributed by atoms with E-state index in [1.54, 1.807) is 11.1 Å². The van der Waals surface area contributed by atoms with Gasteiger partial charge in [0.15, 0.2) is 0 Å². The second-order valence-corrected chi connectivity index (χ2v) is 14.8. The van der Waals surface area contributed by atoms with Crippen molar-refractivity contribution in [2.24, 2.45) is 23.7 Å². The van der Waals surface area contributed by atoms with Crippen molar-refractivity contribution in [2.75, 3.05) is 0 Å². The van der Waals surface area contributed by atoms with Gasteiger partial charge in [-0.3, -0.25) is 0 Å². The van der Waals surface area contributed by atoms with E-state index in [4.69, 9.17) is 0 Å². The maximum atomic E-state index is 2.58. The molecule has 7 aromatic carbocycles. The summed E-state index contributed by atoms with van der Waals surface area (Å²) in [5.41, 5.74) is 11.8. The van der Waals surface area contributed by atoms with Gasteiger partial charge in [0.05, 0.1) is 0 Å². The van der Waals surface area contributed by atoms with E-state index in [1.807, 2.05) is 0 Å². The summed E-state index contributed by atoms with van der Waals surface area (Å²) in [6.07, 6.45) is 7.19. The zero-order valence-electron chi connectivity index (χ0n) is 26.0. The Bertz CT molecular complexity index is 2300. The molecule has 7 aromatic rings. The lowest BCUT2D eigenvalue weighted by atomic mass is 9.43. The second-order valence-electron chi connectivity index (χ2n) is 14.8. The van der Waals surface area contributed by atoms with Crippen LogP contribution in [0.1, 0.15) is 43.2 Å². The van der Waals surface area contributed by atoms with Crippen molar-refractivity contribution in [1.29, 1.82) is 0 Å². The van der Waals surface area contributed by atoms with Gasteiger partial charge in [0.1, 0.15) is 0 Å². The highest BCUT2D eigenvalue weighted by molar-refractivity contribution is 6.23. The van der Waals surface area contributed by atoms with Crippen LogP contribution in [0, 0.1) is 23.7 Å². The summed E-state index contributed by atoms with van der Waals surface area (Å²) in [5, 5.41) is 7.91. The molecule has 4 saturated carbocycles. The first-order chi connectivity index (χ1) is 22.8. The van der Waals surface area contributed by atoms with Gasteiger partial charge in [-0.15, -0.1) is 0 Å². The molecule has 0 radical (unpaired) electrons. The van der Waals surface area contributed by atoms with Crippen LogP contribution in [0.15, 0.2) is 133 Å². The lowest BCUT2D eigenvalue weighted by molar-refractivity contribution is -0.0399. The number of rotatable bonds is 2. The van der Waals surface area contributed by atoms with Crippen LogP contribution in [0.3, 0.4) is 0 Å². The molecule has 46 heavy (non-hydrogen) atoms. The Balaban J connectivity index is 1.19. The average molecular weight is 589 g/mol. The smallest absolute Gasteiger partial charge is 0.0271 e. The minimum absolute atomic E-state index is 0.209. The molecule has 4 fully saturated rings. The molecule has 12 rings (SSSR count). The zero-order valence-corrected chi connectivity index (χ0v) is 26.0. The highest BCUT2D eigenvalue weighted by Crippen LogP contribution is 2.69. The van der Waals surface area contributed by atoms with E-state index >= 15 is 0 Å². The van der Waals surface area contributed by atoms with Crippen molar-refractivity contribution in [3.63, 3.8) is 0 Å². The Hall–Kier alpha value is -4.68. The summed E-state index contributed by atoms with van der Waals surface area (Å²) in [6.45, 7) is 0.